The van der Waals surface area contributed by atoms with Crippen molar-refractivity contribution in [2.45, 2.75) is 59.4 Å². The first-order chi connectivity index (χ1) is 7.51. The summed E-state index contributed by atoms with van der Waals surface area (Å²) in [5.74, 6) is 0.578. The van der Waals surface area contributed by atoms with Crippen LogP contribution in [0.5, 0.6) is 0 Å². The first kappa shape index (κ1) is 13.7. The fourth-order valence-corrected chi connectivity index (χ4v) is 1.53. The third-order valence-corrected chi connectivity index (χ3v) is 2.50. The number of anilines is 1. The third kappa shape index (κ3) is 3.32. The summed E-state index contributed by atoms with van der Waals surface area (Å²) in [5.41, 5.74) is 0.931. The van der Waals surface area contributed by atoms with E-state index in [1.54, 1.807) is 0 Å². The fraction of sp³-hybridized carbons (Fsp3) is 0.692. The van der Waals surface area contributed by atoms with E-state index in [1.807, 2.05) is 10.9 Å². The lowest BCUT2D eigenvalue weighted by Crippen LogP contribution is -2.22. The van der Waals surface area contributed by atoms with Crippen LogP contribution in [0.1, 0.15) is 54.0 Å². The van der Waals surface area contributed by atoms with Gasteiger partial charge in [0, 0.05) is 18.7 Å². The Morgan fingerprint density at radius 1 is 1.24 bits per heavy atom. The molecule has 0 saturated heterocycles. The minimum atomic E-state index is -0.0883. The van der Waals surface area contributed by atoms with E-state index < -0.39 is 0 Å². The number of nitrogens with one attached hydrogen (secondary N) is 1. The van der Waals surface area contributed by atoms with Crippen molar-refractivity contribution in [3.05, 3.63) is 11.8 Å². The number of hydrogen-bond donors (Lipinski definition) is 1. The molecule has 1 heterocycles. The first-order valence-corrected chi connectivity index (χ1v) is 5.90. The molecule has 1 rings (SSSR count). The maximum absolute atomic E-state index is 11.2. The molecule has 4 nitrogen and oxygen atoms in total. The molecule has 0 aromatic carbocycles. The van der Waals surface area contributed by atoms with Crippen LogP contribution in [0.3, 0.4) is 0 Å². The molecule has 0 aliphatic heterocycles. The van der Waals surface area contributed by atoms with Gasteiger partial charge in [-0.15, -0.1) is 0 Å². The van der Waals surface area contributed by atoms with E-state index in [4.69, 9.17) is 0 Å². The maximum atomic E-state index is 11.2. The van der Waals surface area contributed by atoms with Gasteiger partial charge in [-0.25, -0.2) is 0 Å². The van der Waals surface area contributed by atoms with Gasteiger partial charge in [0.2, 0.25) is 5.91 Å². The van der Waals surface area contributed by atoms with Gasteiger partial charge in [0.1, 0.15) is 0 Å². The summed E-state index contributed by atoms with van der Waals surface area (Å²) >= 11 is 0. The van der Waals surface area contributed by atoms with E-state index in [1.165, 1.54) is 6.92 Å². The summed E-state index contributed by atoms with van der Waals surface area (Å²) in [7, 11) is 0. The Morgan fingerprint density at radius 2 is 1.76 bits per heavy atom. The van der Waals surface area contributed by atoms with Gasteiger partial charge in [-0.05, 0) is 26.2 Å². The monoisotopic (exact) mass is 237 g/mol. The molecular formula is C13H23N3O. The molecule has 0 fully saturated rings. The van der Waals surface area contributed by atoms with Gasteiger partial charge in [-0.2, -0.15) is 5.10 Å². The van der Waals surface area contributed by atoms with Crippen molar-refractivity contribution in [1.29, 1.82) is 0 Å². The predicted molar refractivity (Wildman–Crippen MR) is 70.2 cm³/mol. The number of amides is 1. The highest BCUT2D eigenvalue weighted by atomic mass is 16.1. The fourth-order valence-electron chi connectivity index (χ4n) is 1.53. The van der Waals surface area contributed by atoms with Crippen LogP contribution in [0.15, 0.2) is 6.20 Å². The molecule has 0 bridgehead atoms. The van der Waals surface area contributed by atoms with Gasteiger partial charge in [0.15, 0.2) is 5.82 Å². The number of hydrogen-bond acceptors (Lipinski definition) is 2. The Balaban J connectivity index is 3.27. The molecule has 1 aromatic rings. The van der Waals surface area contributed by atoms with Gasteiger partial charge in [-0.1, -0.05) is 20.8 Å². The van der Waals surface area contributed by atoms with Crippen LogP contribution in [0, 0.1) is 0 Å². The Hall–Kier alpha value is -1.32. The van der Waals surface area contributed by atoms with E-state index in [2.05, 4.69) is 52.0 Å². The van der Waals surface area contributed by atoms with E-state index in [0.29, 0.717) is 5.82 Å². The van der Waals surface area contributed by atoms with E-state index in [0.717, 1.165) is 5.56 Å². The average molecular weight is 237 g/mol. The highest BCUT2D eigenvalue weighted by molar-refractivity contribution is 5.88. The number of aromatic nitrogens is 2. The number of nitrogens with zero attached hydrogens (tertiary/aromatic N) is 2. The zero-order chi connectivity index (χ0) is 13.4. The van der Waals surface area contributed by atoms with E-state index in [9.17, 15) is 4.79 Å². The van der Waals surface area contributed by atoms with Gasteiger partial charge in [-0.3, -0.25) is 9.48 Å². The molecule has 0 saturated carbocycles. The van der Waals surface area contributed by atoms with Crippen LogP contribution in [0.2, 0.25) is 0 Å². The predicted octanol–water partition coefficient (Wildman–Crippen LogP) is 2.89. The van der Waals surface area contributed by atoms with E-state index >= 15 is 0 Å². The SMILES string of the molecule is CC(=O)Nc1nn(C(C)(C)C)cc1C(C)(C)C. The minimum absolute atomic E-state index is 0.0404. The smallest absolute Gasteiger partial charge is 0.222 e. The van der Waals surface area contributed by atoms with Crippen LogP contribution >= 0.6 is 0 Å². The van der Waals surface area contributed by atoms with Gasteiger partial charge in [0.05, 0.1) is 5.54 Å². The quantitative estimate of drug-likeness (QED) is 0.816. The number of carbonyl (C=O) groups is 1. The minimum Gasteiger partial charge on any atom is -0.309 e. The zero-order valence-corrected chi connectivity index (χ0v) is 11.9. The molecule has 0 atom stereocenters. The molecule has 0 spiro atoms. The summed E-state index contributed by atoms with van der Waals surface area (Å²) in [5, 5.41) is 7.27. The van der Waals surface area contributed by atoms with Crippen LogP contribution in [-0.2, 0) is 15.7 Å². The molecule has 0 unspecified atom stereocenters. The van der Waals surface area contributed by atoms with Crippen LogP contribution in [0.25, 0.3) is 0 Å². The average Bonchev–Trinajstić information content (AvgIpc) is 2.44. The van der Waals surface area contributed by atoms with Gasteiger partial charge in [0.25, 0.3) is 0 Å². The van der Waals surface area contributed by atoms with Gasteiger partial charge >= 0.3 is 0 Å². The highest BCUT2D eigenvalue weighted by Gasteiger charge is 2.25. The summed E-state index contributed by atoms with van der Waals surface area (Å²) < 4.78 is 1.90. The lowest BCUT2D eigenvalue weighted by molar-refractivity contribution is -0.114. The van der Waals surface area contributed by atoms with Crippen molar-refractivity contribution in [3.8, 4) is 0 Å². The molecule has 1 amide bonds. The topological polar surface area (TPSA) is 46.9 Å². The molecular weight excluding hydrogens is 214 g/mol. The second-order valence-electron chi connectivity index (χ2n) is 6.44. The summed E-state index contributed by atoms with van der Waals surface area (Å²) in [4.78, 5) is 11.2. The van der Waals surface area contributed by atoms with Crippen molar-refractivity contribution in [3.63, 3.8) is 0 Å². The lowest BCUT2D eigenvalue weighted by Gasteiger charge is -2.20. The van der Waals surface area contributed by atoms with Crippen molar-refractivity contribution < 1.29 is 4.79 Å². The summed E-state index contributed by atoms with van der Waals surface area (Å²) in [6.07, 6.45) is 2.02. The van der Waals surface area contributed by atoms with Crippen LogP contribution in [0.4, 0.5) is 5.82 Å². The van der Waals surface area contributed by atoms with Crippen LogP contribution in [-0.4, -0.2) is 15.7 Å². The molecule has 1 aromatic heterocycles. The molecule has 96 valence electrons. The number of rotatable bonds is 1. The van der Waals surface area contributed by atoms with Crippen molar-refractivity contribution in [2.75, 3.05) is 5.32 Å². The Labute approximate surface area is 103 Å². The Bertz CT molecular complexity index is 419. The molecule has 1 N–H and O–H groups in total. The maximum Gasteiger partial charge on any atom is 0.222 e. The normalized spacial score (nSPS) is 12.6. The molecule has 0 aliphatic carbocycles. The van der Waals surface area contributed by atoms with Gasteiger partial charge < -0.3 is 5.32 Å². The van der Waals surface area contributed by atoms with E-state index in [-0.39, 0.29) is 16.9 Å². The summed E-state index contributed by atoms with van der Waals surface area (Å²) in [6, 6.07) is 0. The molecule has 17 heavy (non-hydrogen) atoms. The molecule has 4 heteroatoms. The standard InChI is InChI=1S/C13H23N3O/c1-9(17)14-11-10(12(2,3)4)8-16(15-11)13(5,6)7/h8H,1-7H3,(H,14,15,17). The van der Waals surface area contributed by atoms with Crippen molar-refractivity contribution >= 4 is 11.7 Å². The largest absolute Gasteiger partial charge is 0.309 e. The molecule has 0 radical (unpaired) electrons. The second-order valence-corrected chi connectivity index (χ2v) is 6.44. The van der Waals surface area contributed by atoms with Crippen molar-refractivity contribution in [1.82, 2.24) is 9.78 Å². The highest BCUT2D eigenvalue weighted by Crippen LogP contribution is 2.30. The van der Waals surface area contributed by atoms with Crippen molar-refractivity contribution in [2.24, 2.45) is 0 Å². The summed E-state index contributed by atoms with van der Waals surface area (Å²) in [6.45, 7) is 14.1. The Morgan fingerprint density at radius 3 is 2.12 bits per heavy atom. The molecule has 0 aliphatic rings. The first-order valence-electron chi connectivity index (χ1n) is 5.90. The second kappa shape index (κ2) is 4.17. The Kier molecular flexibility index (Phi) is 3.37. The third-order valence-electron chi connectivity index (χ3n) is 2.50. The zero-order valence-electron chi connectivity index (χ0n) is 11.9. The van der Waals surface area contributed by atoms with Crippen LogP contribution < -0.4 is 5.32 Å². The number of carbonyl (C=O) groups excluding carboxylic acids is 1. The lowest BCUT2D eigenvalue weighted by atomic mass is 9.88.